The number of likely N-dealkylation sites (N-methyl/N-ethyl adjacent to an activating group) is 1. The van der Waals surface area contributed by atoms with Gasteiger partial charge in [0.2, 0.25) is 11.8 Å². The van der Waals surface area contributed by atoms with E-state index >= 15 is 0 Å². The van der Waals surface area contributed by atoms with Gasteiger partial charge in [0.15, 0.2) is 0 Å². The van der Waals surface area contributed by atoms with Crippen LogP contribution in [0.3, 0.4) is 0 Å². The quantitative estimate of drug-likeness (QED) is 0.393. The highest BCUT2D eigenvalue weighted by molar-refractivity contribution is 9.10. The van der Waals surface area contributed by atoms with Gasteiger partial charge in [0, 0.05) is 18.1 Å². The fourth-order valence-electron chi connectivity index (χ4n) is 4.01. The van der Waals surface area contributed by atoms with Gasteiger partial charge in [-0.05, 0) is 69.2 Å². The third-order valence-electron chi connectivity index (χ3n) is 6.19. The van der Waals surface area contributed by atoms with Gasteiger partial charge in [-0.1, -0.05) is 63.5 Å². The third-order valence-corrected chi connectivity index (χ3v) is 8.49. The average Bonchev–Trinajstić information content (AvgIpc) is 2.86. The summed E-state index contributed by atoms with van der Waals surface area (Å²) < 4.78 is 29.8. The fraction of sp³-hybridized carbons (Fsp3) is 0.286. The molecular formula is C28H32BrN3O4S. The zero-order chi connectivity index (χ0) is 27.3. The summed E-state index contributed by atoms with van der Waals surface area (Å²) in [6.45, 7) is 6.93. The second-order valence-corrected chi connectivity index (χ2v) is 11.8. The molecule has 0 aliphatic carbocycles. The van der Waals surface area contributed by atoms with Gasteiger partial charge >= 0.3 is 0 Å². The van der Waals surface area contributed by atoms with E-state index in [2.05, 4.69) is 21.2 Å². The van der Waals surface area contributed by atoms with Gasteiger partial charge in [-0.15, -0.1) is 0 Å². The molecule has 0 fully saturated rings. The molecule has 9 heteroatoms. The molecule has 0 heterocycles. The Balaban J connectivity index is 2.06. The van der Waals surface area contributed by atoms with Crippen molar-refractivity contribution in [3.63, 3.8) is 0 Å². The summed E-state index contributed by atoms with van der Waals surface area (Å²) in [6.07, 6.45) is 0. The molecule has 0 bridgehead atoms. The Morgan fingerprint density at radius 1 is 0.919 bits per heavy atom. The number of halogens is 1. The zero-order valence-electron chi connectivity index (χ0n) is 21.7. The summed E-state index contributed by atoms with van der Waals surface area (Å²) in [5.74, 6) is -0.834. The van der Waals surface area contributed by atoms with Crippen LogP contribution < -0.4 is 9.62 Å². The smallest absolute Gasteiger partial charge is 0.264 e. The molecule has 3 aromatic carbocycles. The van der Waals surface area contributed by atoms with Crippen molar-refractivity contribution in [1.29, 1.82) is 0 Å². The SMILES string of the molecule is CNC(=O)[C@@H](C)N(Cc1ccc(Br)cc1)C(=O)CN(c1ccc(C)cc1C)S(=O)(=O)c1ccc(C)cc1. The van der Waals surface area contributed by atoms with Crippen molar-refractivity contribution in [3.05, 3.63) is 93.5 Å². The van der Waals surface area contributed by atoms with Crippen LogP contribution in [0.2, 0.25) is 0 Å². The first-order valence-electron chi connectivity index (χ1n) is 11.9. The standard InChI is InChI=1S/C28H32BrN3O4S/c1-19-6-13-25(14-7-19)37(35,36)32(26-15-8-20(2)16-21(26)3)18-27(33)31(22(4)28(34)30-5)17-23-9-11-24(29)12-10-23/h6-16,22H,17-18H2,1-5H3,(H,30,34)/t22-/m1/s1. The molecule has 196 valence electrons. The molecule has 0 saturated heterocycles. The number of hydrogen-bond acceptors (Lipinski definition) is 4. The summed E-state index contributed by atoms with van der Waals surface area (Å²) in [6, 6.07) is 18.5. The predicted molar refractivity (Wildman–Crippen MR) is 150 cm³/mol. The lowest BCUT2D eigenvalue weighted by atomic mass is 10.1. The molecule has 3 rings (SSSR count). The summed E-state index contributed by atoms with van der Waals surface area (Å²) in [7, 11) is -2.58. The average molecular weight is 587 g/mol. The van der Waals surface area contributed by atoms with Gasteiger partial charge < -0.3 is 10.2 Å². The van der Waals surface area contributed by atoms with Gasteiger partial charge in [-0.3, -0.25) is 13.9 Å². The lowest BCUT2D eigenvalue weighted by Gasteiger charge is -2.32. The Bertz CT molecular complexity index is 1370. The van der Waals surface area contributed by atoms with Crippen molar-refractivity contribution in [1.82, 2.24) is 10.2 Å². The number of rotatable bonds is 9. The maximum atomic E-state index is 13.9. The number of carbonyl (C=O) groups excluding carboxylic acids is 2. The number of nitrogens with one attached hydrogen (secondary N) is 1. The van der Waals surface area contributed by atoms with Crippen LogP contribution in [-0.4, -0.2) is 44.8 Å². The Morgan fingerprint density at radius 3 is 2.08 bits per heavy atom. The molecule has 0 aromatic heterocycles. The number of aryl methyl sites for hydroxylation is 3. The molecule has 3 aromatic rings. The molecule has 0 saturated carbocycles. The first-order valence-corrected chi connectivity index (χ1v) is 14.1. The first-order chi connectivity index (χ1) is 17.4. The van der Waals surface area contributed by atoms with Crippen LogP contribution in [0.5, 0.6) is 0 Å². The van der Waals surface area contributed by atoms with E-state index in [4.69, 9.17) is 0 Å². The highest BCUT2D eigenvalue weighted by Gasteiger charge is 2.32. The summed E-state index contributed by atoms with van der Waals surface area (Å²) in [5.41, 5.74) is 3.85. The van der Waals surface area contributed by atoms with Crippen molar-refractivity contribution in [2.24, 2.45) is 0 Å². The molecule has 0 spiro atoms. The lowest BCUT2D eigenvalue weighted by Crippen LogP contribution is -2.50. The van der Waals surface area contributed by atoms with Crippen molar-refractivity contribution >= 4 is 43.5 Å². The maximum absolute atomic E-state index is 13.9. The molecule has 2 amide bonds. The topological polar surface area (TPSA) is 86.8 Å². The van der Waals surface area contributed by atoms with Crippen LogP contribution in [0.4, 0.5) is 5.69 Å². The van der Waals surface area contributed by atoms with Crippen molar-refractivity contribution in [2.75, 3.05) is 17.9 Å². The Hall–Kier alpha value is -3.17. The van der Waals surface area contributed by atoms with E-state index in [0.29, 0.717) is 5.69 Å². The minimum atomic E-state index is -4.09. The largest absolute Gasteiger partial charge is 0.357 e. The summed E-state index contributed by atoms with van der Waals surface area (Å²) in [4.78, 5) is 27.8. The van der Waals surface area contributed by atoms with Crippen LogP contribution in [-0.2, 0) is 26.2 Å². The molecule has 37 heavy (non-hydrogen) atoms. The van der Waals surface area contributed by atoms with Crippen LogP contribution in [0.15, 0.2) is 76.1 Å². The maximum Gasteiger partial charge on any atom is 0.264 e. The highest BCUT2D eigenvalue weighted by Crippen LogP contribution is 2.28. The van der Waals surface area contributed by atoms with Gasteiger partial charge in [-0.25, -0.2) is 8.42 Å². The molecule has 0 aliphatic rings. The number of anilines is 1. The number of benzene rings is 3. The molecular weight excluding hydrogens is 554 g/mol. The van der Waals surface area contributed by atoms with Crippen molar-refractivity contribution in [3.8, 4) is 0 Å². The van der Waals surface area contributed by atoms with E-state index in [1.807, 2.05) is 57.2 Å². The fourth-order valence-corrected chi connectivity index (χ4v) is 5.76. The lowest BCUT2D eigenvalue weighted by molar-refractivity contribution is -0.139. The van der Waals surface area contributed by atoms with Crippen molar-refractivity contribution < 1.29 is 18.0 Å². The van der Waals surface area contributed by atoms with Crippen molar-refractivity contribution in [2.45, 2.75) is 45.2 Å². The molecule has 1 N–H and O–H groups in total. The van der Waals surface area contributed by atoms with Crippen LogP contribution in [0, 0.1) is 20.8 Å². The molecule has 0 radical (unpaired) electrons. The van der Waals surface area contributed by atoms with Crippen LogP contribution in [0.25, 0.3) is 0 Å². The number of amides is 2. The summed E-state index contributed by atoms with van der Waals surface area (Å²) in [5, 5.41) is 2.58. The minimum Gasteiger partial charge on any atom is -0.357 e. The second kappa shape index (κ2) is 11.9. The predicted octanol–water partition coefficient (Wildman–Crippen LogP) is 4.73. The van der Waals surface area contributed by atoms with E-state index in [1.54, 1.807) is 37.3 Å². The third kappa shape index (κ3) is 6.78. The van der Waals surface area contributed by atoms with E-state index < -0.39 is 28.5 Å². The Labute approximate surface area is 227 Å². The number of nitrogens with zero attached hydrogens (tertiary/aromatic N) is 2. The monoisotopic (exact) mass is 585 g/mol. The number of hydrogen-bond donors (Lipinski definition) is 1. The van der Waals surface area contributed by atoms with Gasteiger partial charge in [0.25, 0.3) is 10.0 Å². The Morgan fingerprint density at radius 2 is 1.51 bits per heavy atom. The minimum absolute atomic E-state index is 0.0877. The molecule has 7 nitrogen and oxygen atoms in total. The number of carbonyl (C=O) groups is 2. The van der Waals surface area contributed by atoms with E-state index in [1.165, 1.54) is 11.9 Å². The first kappa shape index (κ1) is 28.4. The van der Waals surface area contributed by atoms with Gasteiger partial charge in [-0.2, -0.15) is 0 Å². The highest BCUT2D eigenvalue weighted by atomic mass is 79.9. The molecule has 1 atom stereocenters. The van der Waals surface area contributed by atoms with Gasteiger partial charge in [0.05, 0.1) is 10.6 Å². The Kier molecular flexibility index (Phi) is 9.15. The molecule has 0 unspecified atom stereocenters. The zero-order valence-corrected chi connectivity index (χ0v) is 24.1. The van der Waals surface area contributed by atoms with Crippen LogP contribution in [0.1, 0.15) is 29.2 Å². The van der Waals surface area contributed by atoms with E-state index in [9.17, 15) is 18.0 Å². The number of sulfonamides is 1. The van der Waals surface area contributed by atoms with Crippen LogP contribution >= 0.6 is 15.9 Å². The normalized spacial score (nSPS) is 12.1. The van der Waals surface area contributed by atoms with E-state index in [0.717, 1.165) is 31.0 Å². The molecule has 0 aliphatic heterocycles. The van der Waals surface area contributed by atoms with Gasteiger partial charge in [0.1, 0.15) is 12.6 Å². The summed E-state index contributed by atoms with van der Waals surface area (Å²) >= 11 is 3.40. The second-order valence-electron chi connectivity index (χ2n) is 9.05. The van der Waals surface area contributed by atoms with E-state index in [-0.39, 0.29) is 17.3 Å².